The van der Waals surface area contributed by atoms with Crippen LogP contribution in [-0.2, 0) is 16.1 Å². The summed E-state index contributed by atoms with van der Waals surface area (Å²) in [6, 6.07) is 0. The lowest BCUT2D eigenvalue weighted by atomic mass is 9.43. The van der Waals surface area contributed by atoms with Gasteiger partial charge in [0.15, 0.2) is 5.78 Å². The Balaban J connectivity index is 1.37. The number of aromatic nitrogens is 2. The van der Waals surface area contributed by atoms with Gasteiger partial charge in [-0.3, -0.25) is 9.48 Å². The molecule has 0 unspecified atom stereocenters. The molecule has 1 N–H and O–H groups in total. The van der Waals surface area contributed by atoms with E-state index in [1.807, 2.05) is 30.9 Å². The van der Waals surface area contributed by atoms with Gasteiger partial charge < -0.3 is 9.84 Å². The first-order chi connectivity index (χ1) is 15.7. The highest BCUT2D eigenvalue weighted by Crippen LogP contribution is 2.68. The monoisotopic (exact) mass is 456 g/mol. The van der Waals surface area contributed by atoms with Crippen LogP contribution in [0.2, 0.25) is 0 Å². The molecule has 33 heavy (non-hydrogen) atoms. The van der Waals surface area contributed by atoms with E-state index in [2.05, 4.69) is 18.9 Å². The number of carbonyl (C=O) groups is 1. The summed E-state index contributed by atoms with van der Waals surface area (Å²) < 4.78 is 8.00. The lowest BCUT2D eigenvalue weighted by Gasteiger charge is -2.62. The maximum Gasteiger partial charge on any atom is 0.157 e. The quantitative estimate of drug-likeness (QED) is 0.640. The smallest absolute Gasteiger partial charge is 0.157 e. The van der Waals surface area contributed by atoms with E-state index < -0.39 is 5.60 Å². The van der Waals surface area contributed by atoms with E-state index in [1.54, 1.807) is 0 Å². The van der Waals surface area contributed by atoms with Gasteiger partial charge in [0.1, 0.15) is 0 Å². The topological polar surface area (TPSA) is 64.3 Å². The Labute approximate surface area is 199 Å². The molecule has 0 aliphatic heterocycles. The third-order valence-corrected chi connectivity index (χ3v) is 10.7. The molecule has 0 spiro atoms. The molecule has 0 amide bonds. The highest BCUT2D eigenvalue weighted by atomic mass is 16.5. The molecule has 0 radical (unpaired) electrons. The maximum absolute atomic E-state index is 13.4. The van der Waals surface area contributed by atoms with E-state index in [1.165, 1.54) is 25.7 Å². The molecule has 1 aromatic rings. The second-order valence-corrected chi connectivity index (χ2v) is 12.6. The molecule has 0 aromatic carbocycles. The number of hydrogen-bond acceptors (Lipinski definition) is 4. The fraction of sp³-hybridized carbons (Fsp3) is 0.857. The predicted molar refractivity (Wildman–Crippen MR) is 129 cm³/mol. The molecule has 0 bridgehead atoms. The van der Waals surface area contributed by atoms with Crippen LogP contribution in [0, 0.1) is 47.3 Å². The summed E-state index contributed by atoms with van der Waals surface area (Å²) in [5.41, 5.74) is 0.936. The minimum Gasteiger partial charge on any atom is -0.390 e. The zero-order valence-corrected chi connectivity index (χ0v) is 21.2. The highest BCUT2D eigenvalue weighted by Gasteiger charge is 2.63. The predicted octanol–water partition coefficient (Wildman–Crippen LogP) is 5.19. The average molecular weight is 457 g/mol. The van der Waals surface area contributed by atoms with Crippen molar-refractivity contribution in [2.75, 3.05) is 13.2 Å². The van der Waals surface area contributed by atoms with Gasteiger partial charge >= 0.3 is 0 Å². The van der Waals surface area contributed by atoms with Crippen LogP contribution in [0.15, 0.2) is 12.4 Å². The molecule has 4 fully saturated rings. The summed E-state index contributed by atoms with van der Waals surface area (Å²) >= 11 is 0. The van der Waals surface area contributed by atoms with Crippen molar-refractivity contribution >= 4 is 5.78 Å². The minimum absolute atomic E-state index is 0.125. The van der Waals surface area contributed by atoms with Crippen LogP contribution >= 0.6 is 0 Å². The molecule has 5 rings (SSSR count). The van der Waals surface area contributed by atoms with Gasteiger partial charge in [0.05, 0.1) is 24.9 Å². The van der Waals surface area contributed by atoms with Gasteiger partial charge in [0.25, 0.3) is 0 Å². The molecular weight excluding hydrogens is 412 g/mol. The summed E-state index contributed by atoms with van der Waals surface area (Å²) in [5.74, 6) is 3.15. The average Bonchev–Trinajstić information content (AvgIpc) is 3.34. The molecule has 5 heteroatoms. The van der Waals surface area contributed by atoms with Crippen molar-refractivity contribution in [2.24, 2.45) is 40.4 Å². The van der Waals surface area contributed by atoms with Crippen LogP contribution in [-0.4, -0.2) is 39.5 Å². The van der Waals surface area contributed by atoms with Gasteiger partial charge in [-0.2, -0.15) is 5.10 Å². The zero-order chi connectivity index (χ0) is 23.4. The number of hydrogen-bond donors (Lipinski definition) is 1. The van der Waals surface area contributed by atoms with E-state index in [9.17, 15) is 9.90 Å². The summed E-state index contributed by atoms with van der Waals surface area (Å²) in [6.07, 6.45) is 13.8. The number of aryl methyl sites for hydroxylation is 1. The van der Waals surface area contributed by atoms with Crippen molar-refractivity contribution < 1.29 is 14.6 Å². The standard InChI is InChI=1S/C28H44N2O3/c1-5-33-18-28-13-12-26(3,32)14-20(28)6-7-21-22-8-9-24(27(22,4)11-10-23(21)28)25(31)17-30-16-19(2)15-29-30/h15-16,20-24,32H,5-14,17-18H2,1-4H3/t20-,21-,22-,23-,24+,26+,27-,28+/m0/s1. The van der Waals surface area contributed by atoms with Crippen LogP contribution in [0.1, 0.15) is 84.1 Å². The van der Waals surface area contributed by atoms with Crippen LogP contribution < -0.4 is 0 Å². The first kappa shape index (κ1) is 23.5. The van der Waals surface area contributed by atoms with Crippen LogP contribution in [0.25, 0.3) is 0 Å². The molecule has 8 atom stereocenters. The molecule has 1 aromatic heterocycles. The third-order valence-electron chi connectivity index (χ3n) is 10.7. The Kier molecular flexibility index (Phi) is 6.05. The zero-order valence-electron chi connectivity index (χ0n) is 21.2. The highest BCUT2D eigenvalue weighted by molar-refractivity contribution is 5.82. The second kappa shape index (κ2) is 8.48. The van der Waals surface area contributed by atoms with Crippen molar-refractivity contribution in [3.8, 4) is 0 Å². The van der Waals surface area contributed by atoms with Gasteiger partial charge in [0.2, 0.25) is 0 Å². The summed E-state index contributed by atoms with van der Waals surface area (Å²) in [5, 5.41) is 15.2. The number of carbonyl (C=O) groups excluding carboxylic acids is 1. The number of rotatable bonds is 6. The fourth-order valence-electron chi connectivity index (χ4n) is 9.16. The lowest BCUT2D eigenvalue weighted by molar-refractivity contribution is -0.178. The van der Waals surface area contributed by atoms with Crippen molar-refractivity contribution in [2.45, 2.75) is 97.6 Å². The second-order valence-electron chi connectivity index (χ2n) is 12.6. The van der Waals surface area contributed by atoms with Crippen LogP contribution in [0.5, 0.6) is 0 Å². The molecule has 4 aliphatic rings. The van der Waals surface area contributed by atoms with Crippen molar-refractivity contribution in [3.05, 3.63) is 18.0 Å². The normalized spacial score (nSPS) is 44.7. The Hall–Kier alpha value is -1.20. The van der Waals surface area contributed by atoms with Gasteiger partial charge in [0, 0.05) is 18.7 Å². The number of ketones is 1. The van der Waals surface area contributed by atoms with E-state index in [-0.39, 0.29) is 16.7 Å². The minimum atomic E-state index is -0.522. The van der Waals surface area contributed by atoms with Gasteiger partial charge in [-0.05, 0) is 119 Å². The third kappa shape index (κ3) is 3.91. The van der Waals surface area contributed by atoms with Gasteiger partial charge in [-0.15, -0.1) is 0 Å². The maximum atomic E-state index is 13.4. The first-order valence-corrected chi connectivity index (χ1v) is 13.5. The molecule has 1 heterocycles. The van der Waals surface area contributed by atoms with E-state index >= 15 is 0 Å². The molecule has 0 saturated heterocycles. The SMILES string of the molecule is CCOC[C@]12CC[C@@](C)(O)C[C@@H]1CC[C@H]1[C@@H]3CC[C@H](C(=O)Cn4cc(C)cn4)[C@@]3(C)CC[C@@H]12. The number of fused-ring (bicyclic) bond motifs is 5. The Morgan fingerprint density at radius 3 is 2.70 bits per heavy atom. The summed E-state index contributed by atoms with van der Waals surface area (Å²) in [6.45, 7) is 10.7. The van der Waals surface area contributed by atoms with E-state index in [4.69, 9.17) is 4.74 Å². The number of Topliss-reactive ketones (excluding diaryl/α,β-unsaturated/α-hetero) is 1. The Morgan fingerprint density at radius 1 is 1.15 bits per heavy atom. The molecule has 184 valence electrons. The number of ether oxygens (including phenoxy) is 1. The van der Waals surface area contributed by atoms with Crippen LogP contribution in [0.3, 0.4) is 0 Å². The number of nitrogens with zero attached hydrogens (tertiary/aromatic N) is 2. The molecule has 4 aliphatic carbocycles. The van der Waals surface area contributed by atoms with Crippen LogP contribution in [0.4, 0.5) is 0 Å². The van der Waals surface area contributed by atoms with Crippen molar-refractivity contribution in [3.63, 3.8) is 0 Å². The van der Waals surface area contributed by atoms with Crippen molar-refractivity contribution in [1.29, 1.82) is 0 Å². The summed E-state index contributed by atoms with van der Waals surface area (Å²) in [4.78, 5) is 13.4. The Bertz CT molecular complexity index is 878. The Morgan fingerprint density at radius 2 is 1.97 bits per heavy atom. The van der Waals surface area contributed by atoms with E-state index in [0.717, 1.165) is 50.9 Å². The lowest BCUT2D eigenvalue weighted by Crippen LogP contribution is -2.58. The number of aliphatic hydroxyl groups is 1. The van der Waals surface area contributed by atoms with Gasteiger partial charge in [-0.1, -0.05) is 6.92 Å². The summed E-state index contributed by atoms with van der Waals surface area (Å²) in [7, 11) is 0. The van der Waals surface area contributed by atoms with Gasteiger partial charge in [-0.25, -0.2) is 0 Å². The fourth-order valence-corrected chi connectivity index (χ4v) is 9.16. The van der Waals surface area contributed by atoms with Crippen molar-refractivity contribution in [1.82, 2.24) is 9.78 Å². The molecular formula is C28H44N2O3. The molecule has 4 saturated carbocycles. The largest absolute Gasteiger partial charge is 0.390 e. The van der Waals surface area contributed by atoms with E-state index in [0.29, 0.717) is 36.0 Å². The molecule has 5 nitrogen and oxygen atoms in total. The first-order valence-electron chi connectivity index (χ1n) is 13.5.